The summed E-state index contributed by atoms with van der Waals surface area (Å²) in [6.07, 6.45) is -1.37. The summed E-state index contributed by atoms with van der Waals surface area (Å²) < 4.78 is 68.4. The number of aryl methyl sites for hydroxylation is 1. The summed E-state index contributed by atoms with van der Waals surface area (Å²) in [5, 5.41) is 10.1. The van der Waals surface area contributed by atoms with Crippen LogP contribution in [0.1, 0.15) is 67.2 Å². The van der Waals surface area contributed by atoms with Gasteiger partial charge in [-0.2, -0.15) is 33.7 Å². The van der Waals surface area contributed by atoms with Gasteiger partial charge in [-0.05, 0) is 114 Å². The lowest BCUT2D eigenvalue weighted by molar-refractivity contribution is -0.284. The van der Waals surface area contributed by atoms with Gasteiger partial charge in [0.15, 0.2) is 0 Å². The van der Waals surface area contributed by atoms with Gasteiger partial charge in [-0.25, -0.2) is 0 Å². The van der Waals surface area contributed by atoms with Crippen LogP contribution < -0.4 is 4.74 Å². The van der Waals surface area contributed by atoms with Crippen LogP contribution in [0.25, 0.3) is 11.1 Å². The first kappa shape index (κ1) is 30.9. The van der Waals surface area contributed by atoms with Crippen LogP contribution in [0.2, 0.25) is 0 Å². The summed E-state index contributed by atoms with van der Waals surface area (Å²) in [4.78, 5) is 0. The molecule has 2 nitrogen and oxygen atoms in total. The Bertz CT molecular complexity index is 1290. The van der Waals surface area contributed by atoms with E-state index in [1.165, 1.54) is 28.5 Å². The van der Waals surface area contributed by atoms with Crippen molar-refractivity contribution in [1.82, 2.24) is 0 Å². The molecule has 0 heterocycles. The van der Waals surface area contributed by atoms with E-state index in [-0.39, 0.29) is 12.2 Å². The molecule has 0 aliphatic heterocycles. The Kier molecular flexibility index (Phi) is 10.8. The number of unbranched alkanes of at least 4 members (excludes halogenated alkanes) is 2. The van der Waals surface area contributed by atoms with Gasteiger partial charge in [-0.15, -0.1) is 0 Å². The number of phenolic OH excluding ortho intramolecular Hbond substituents is 1. The highest BCUT2D eigenvalue weighted by molar-refractivity contribution is 7.99. The summed E-state index contributed by atoms with van der Waals surface area (Å²) in [6, 6.07) is 24.1. The smallest absolute Gasteiger partial charge is 0.453 e. The summed E-state index contributed by atoms with van der Waals surface area (Å²) in [5.74, 6) is -2.53. The minimum Gasteiger partial charge on any atom is -0.508 e. The van der Waals surface area contributed by atoms with Gasteiger partial charge < -0.3 is 9.84 Å². The number of benzene rings is 3. The topological polar surface area (TPSA) is 29.5 Å². The number of thioether (sulfide) groups is 1. The molecule has 0 radical (unpaired) electrons. The lowest BCUT2D eigenvalue weighted by Crippen LogP contribution is -2.36. The molecule has 0 aromatic heterocycles. The maximum absolute atomic E-state index is 12.9. The van der Waals surface area contributed by atoms with Crippen molar-refractivity contribution < 1.29 is 31.8 Å². The van der Waals surface area contributed by atoms with Crippen LogP contribution in [0.15, 0.2) is 72.8 Å². The van der Waals surface area contributed by atoms with Crippen molar-refractivity contribution in [1.29, 1.82) is 0 Å². The first-order valence-electron chi connectivity index (χ1n) is 14.0. The van der Waals surface area contributed by atoms with Crippen molar-refractivity contribution in [2.75, 3.05) is 18.1 Å². The van der Waals surface area contributed by atoms with E-state index in [1.807, 2.05) is 30.3 Å². The molecule has 3 aromatic rings. The first-order valence-corrected chi connectivity index (χ1v) is 15.2. The van der Waals surface area contributed by atoms with E-state index in [0.717, 1.165) is 66.7 Å². The highest BCUT2D eigenvalue weighted by atomic mass is 32.2. The van der Waals surface area contributed by atoms with Crippen molar-refractivity contribution in [3.63, 3.8) is 0 Å². The quantitative estimate of drug-likeness (QED) is 0.159. The number of rotatable bonds is 13. The third-order valence-electron chi connectivity index (χ3n) is 7.19. The van der Waals surface area contributed by atoms with Crippen LogP contribution >= 0.6 is 11.8 Å². The molecule has 0 saturated heterocycles. The van der Waals surface area contributed by atoms with Gasteiger partial charge in [0, 0.05) is 6.42 Å². The zero-order valence-corrected chi connectivity index (χ0v) is 23.7. The Morgan fingerprint density at radius 2 is 1.49 bits per heavy atom. The molecule has 8 heteroatoms. The molecule has 1 N–H and O–H groups in total. The van der Waals surface area contributed by atoms with E-state index in [4.69, 9.17) is 4.74 Å². The highest BCUT2D eigenvalue weighted by Crippen LogP contribution is 2.41. The number of aromatic hydroxyl groups is 1. The Balaban J connectivity index is 1.28. The van der Waals surface area contributed by atoms with Crippen molar-refractivity contribution in [3.05, 3.63) is 95.1 Å². The molecule has 0 spiro atoms. The molecule has 1 aliphatic rings. The summed E-state index contributed by atoms with van der Waals surface area (Å²) in [5.41, 5.74) is 7.03. The summed E-state index contributed by atoms with van der Waals surface area (Å²) >= 11 is 1.41. The van der Waals surface area contributed by atoms with Gasteiger partial charge in [0.2, 0.25) is 0 Å². The highest BCUT2D eigenvalue weighted by Gasteiger charge is 2.56. The van der Waals surface area contributed by atoms with E-state index in [0.29, 0.717) is 12.4 Å². The molecule has 3 aromatic carbocycles. The number of hydrogen-bond donors (Lipinski definition) is 1. The van der Waals surface area contributed by atoms with Gasteiger partial charge >= 0.3 is 12.1 Å². The number of allylic oxidation sites excluding steroid dienone is 1. The van der Waals surface area contributed by atoms with Gasteiger partial charge in [-0.3, -0.25) is 0 Å². The second-order valence-corrected chi connectivity index (χ2v) is 11.5. The van der Waals surface area contributed by atoms with E-state index in [1.54, 1.807) is 6.07 Å². The third kappa shape index (κ3) is 8.51. The average molecular weight is 591 g/mol. The van der Waals surface area contributed by atoms with Crippen LogP contribution in [0.3, 0.4) is 0 Å². The first-order chi connectivity index (χ1) is 19.7. The normalized spacial score (nSPS) is 14.1. The average Bonchev–Trinajstić information content (AvgIpc) is 3.13. The Morgan fingerprint density at radius 3 is 2.22 bits per heavy atom. The number of phenols is 1. The molecule has 4 rings (SSSR count). The molecule has 0 saturated carbocycles. The molecule has 1 aliphatic carbocycles. The van der Waals surface area contributed by atoms with E-state index < -0.39 is 18.5 Å². The van der Waals surface area contributed by atoms with Gasteiger partial charge in [-0.1, -0.05) is 48.5 Å². The van der Waals surface area contributed by atoms with E-state index in [2.05, 4.69) is 36.4 Å². The fraction of sp³-hybridized carbons (Fsp3) is 0.394. The minimum atomic E-state index is -5.47. The second-order valence-electron chi connectivity index (χ2n) is 10.3. The van der Waals surface area contributed by atoms with Gasteiger partial charge in [0.25, 0.3) is 0 Å². The molecule has 41 heavy (non-hydrogen) atoms. The van der Waals surface area contributed by atoms with E-state index >= 15 is 0 Å². The lowest BCUT2D eigenvalue weighted by atomic mass is 9.88. The van der Waals surface area contributed by atoms with Crippen LogP contribution in [0.5, 0.6) is 11.5 Å². The number of alkyl halides is 5. The van der Waals surface area contributed by atoms with Crippen LogP contribution in [0, 0.1) is 0 Å². The van der Waals surface area contributed by atoms with Crippen molar-refractivity contribution in [3.8, 4) is 11.5 Å². The van der Waals surface area contributed by atoms with Crippen LogP contribution in [-0.4, -0.2) is 35.3 Å². The van der Waals surface area contributed by atoms with Crippen molar-refractivity contribution in [2.45, 2.75) is 63.5 Å². The molecule has 0 amide bonds. The standard InChI is InChI=1S/C33H35F5O2S/c34-32(35,33(36,37)38)19-8-22-41-21-6-2-5-20-40-28-16-13-25(14-17-28)31-29(24-9-3-1-4-10-24)12-7-11-26-23-27(39)15-18-30(26)31/h1,3-4,9-10,13-18,23,39H,2,5-8,11-12,19-22H2. The van der Waals surface area contributed by atoms with Gasteiger partial charge in [0.05, 0.1) is 6.61 Å². The summed E-state index contributed by atoms with van der Waals surface area (Å²) in [6.45, 7) is 0.544. The summed E-state index contributed by atoms with van der Waals surface area (Å²) in [7, 11) is 0. The number of ether oxygens (including phenoxy) is 1. The van der Waals surface area contributed by atoms with Crippen molar-refractivity contribution >= 4 is 22.9 Å². The maximum Gasteiger partial charge on any atom is 0.453 e. The fourth-order valence-corrected chi connectivity index (χ4v) is 6.02. The number of fused-ring (bicyclic) bond motifs is 1. The Morgan fingerprint density at radius 1 is 0.756 bits per heavy atom. The molecule has 220 valence electrons. The molecular formula is C33H35F5O2S. The van der Waals surface area contributed by atoms with Crippen LogP contribution in [0.4, 0.5) is 22.0 Å². The maximum atomic E-state index is 12.9. The van der Waals surface area contributed by atoms with Crippen LogP contribution in [-0.2, 0) is 6.42 Å². The zero-order chi connectivity index (χ0) is 29.3. The molecule has 0 unspecified atom stereocenters. The van der Waals surface area contributed by atoms with E-state index in [9.17, 15) is 27.1 Å². The zero-order valence-electron chi connectivity index (χ0n) is 22.9. The predicted octanol–water partition coefficient (Wildman–Crippen LogP) is 9.95. The molecule has 0 atom stereocenters. The fourth-order valence-electron chi connectivity index (χ4n) is 5.06. The lowest BCUT2D eigenvalue weighted by Gasteiger charge is -2.19. The second kappa shape index (κ2) is 14.3. The minimum absolute atomic E-state index is 0.159. The Hall–Kier alpha value is -3.00. The van der Waals surface area contributed by atoms with Crippen molar-refractivity contribution in [2.24, 2.45) is 0 Å². The Labute approximate surface area is 242 Å². The largest absolute Gasteiger partial charge is 0.508 e. The monoisotopic (exact) mass is 590 g/mol. The molecule has 0 bridgehead atoms. The molecular weight excluding hydrogens is 555 g/mol. The number of halogens is 5. The SMILES string of the molecule is Oc1ccc2c(c1)CCCC(c1ccccc1)=C2c1ccc(OCCCCCSCCCC(F)(F)C(F)(F)F)cc1. The number of hydrogen-bond acceptors (Lipinski definition) is 3. The predicted molar refractivity (Wildman–Crippen MR) is 157 cm³/mol. The molecule has 0 fully saturated rings. The van der Waals surface area contributed by atoms with Gasteiger partial charge in [0.1, 0.15) is 11.5 Å². The third-order valence-corrected chi connectivity index (χ3v) is 8.35.